The summed E-state index contributed by atoms with van der Waals surface area (Å²) in [6.07, 6.45) is -1.34. The first-order valence-electron chi connectivity index (χ1n) is 9.15. The fraction of sp³-hybridized carbons (Fsp3) is 0.316. The van der Waals surface area contributed by atoms with E-state index in [4.69, 9.17) is 15.2 Å². The minimum atomic E-state index is -1.42. The number of nitrogens with two attached hydrogens (primary N) is 1. The zero-order valence-corrected chi connectivity index (χ0v) is 16.5. The standard InChI is InChI=1S/C19H20N4O6S/c20-18-21-15-14(16(22-18)28-8-4-7-10-5-2-1-3-6-10)30-19(27)23(15)17-13(26)12(25)11(9-24)29-17/h1-7,11-13,17,24-26H,8-9H2,(H2,20,21,22)/t11-,12-,13-,17-/m1/s1. The van der Waals surface area contributed by atoms with Gasteiger partial charge in [-0.2, -0.15) is 9.97 Å². The third-order valence-electron chi connectivity index (χ3n) is 4.65. The lowest BCUT2D eigenvalue weighted by Gasteiger charge is -2.16. The smallest absolute Gasteiger partial charge is 0.311 e. The van der Waals surface area contributed by atoms with Crippen molar-refractivity contribution in [1.82, 2.24) is 14.5 Å². The lowest BCUT2D eigenvalue weighted by atomic mass is 10.1. The highest BCUT2D eigenvalue weighted by atomic mass is 32.1. The molecule has 0 spiro atoms. The molecule has 3 aromatic rings. The van der Waals surface area contributed by atoms with Crippen LogP contribution in [0.1, 0.15) is 11.8 Å². The van der Waals surface area contributed by atoms with Crippen LogP contribution in [0.2, 0.25) is 0 Å². The van der Waals surface area contributed by atoms with Crippen LogP contribution in [-0.2, 0) is 4.74 Å². The molecule has 1 aliphatic rings. The van der Waals surface area contributed by atoms with Gasteiger partial charge in [0.2, 0.25) is 11.8 Å². The molecule has 10 nitrogen and oxygen atoms in total. The van der Waals surface area contributed by atoms with Crippen LogP contribution < -0.4 is 15.3 Å². The van der Waals surface area contributed by atoms with Crippen LogP contribution in [0.4, 0.5) is 5.95 Å². The van der Waals surface area contributed by atoms with Gasteiger partial charge in [-0.1, -0.05) is 47.7 Å². The van der Waals surface area contributed by atoms with Crippen LogP contribution >= 0.6 is 11.3 Å². The van der Waals surface area contributed by atoms with E-state index in [1.807, 2.05) is 36.4 Å². The van der Waals surface area contributed by atoms with Crippen molar-refractivity contribution in [3.8, 4) is 5.88 Å². The zero-order chi connectivity index (χ0) is 21.3. The molecule has 0 unspecified atom stereocenters. The third kappa shape index (κ3) is 3.80. The number of anilines is 1. The highest BCUT2D eigenvalue weighted by Crippen LogP contribution is 2.34. The van der Waals surface area contributed by atoms with E-state index < -0.39 is 36.0 Å². The molecule has 1 saturated heterocycles. The van der Waals surface area contributed by atoms with E-state index >= 15 is 0 Å². The van der Waals surface area contributed by atoms with Gasteiger partial charge in [-0.25, -0.2) is 0 Å². The second-order valence-corrected chi connectivity index (χ2v) is 7.59. The number of rotatable bonds is 6. The van der Waals surface area contributed by atoms with Gasteiger partial charge < -0.3 is 30.5 Å². The fourth-order valence-electron chi connectivity index (χ4n) is 3.20. The van der Waals surface area contributed by atoms with Gasteiger partial charge in [-0.05, 0) is 11.6 Å². The van der Waals surface area contributed by atoms with Crippen molar-refractivity contribution < 1.29 is 24.8 Å². The van der Waals surface area contributed by atoms with Crippen molar-refractivity contribution in [2.75, 3.05) is 18.9 Å². The van der Waals surface area contributed by atoms with Crippen LogP contribution in [0.3, 0.4) is 0 Å². The van der Waals surface area contributed by atoms with Gasteiger partial charge in [0.25, 0.3) is 0 Å². The van der Waals surface area contributed by atoms with Gasteiger partial charge in [0, 0.05) is 0 Å². The van der Waals surface area contributed by atoms with Crippen molar-refractivity contribution in [2.45, 2.75) is 24.5 Å². The summed E-state index contributed by atoms with van der Waals surface area (Å²) in [5.41, 5.74) is 6.92. The molecule has 2 aromatic heterocycles. The normalized spacial score (nSPS) is 24.1. The molecular weight excluding hydrogens is 412 g/mol. The van der Waals surface area contributed by atoms with Crippen molar-refractivity contribution in [3.63, 3.8) is 0 Å². The first-order valence-corrected chi connectivity index (χ1v) is 9.96. The number of hydrogen-bond acceptors (Lipinski definition) is 10. The molecule has 0 radical (unpaired) electrons. The Morgan fingerprint density at radius 1 is 1.23 bits per heavy atom. The number of aliphatic hydroxyl groups excluding tert-OH is 3. The number of nitrogen functional groups attached to an aromatic ring is 1. The van der Waals surface area contributed by atoms with E-state index in [0.29, 0.717) is 4.70 Å². The number of hydrogen-bond donors (Lipinski definition) is 4. The number of ether oxygens (including phenoxy) is 2. The molecule has 0 saturated carbocycles. The highest BCUT2D eigenvalue weighted by Gasteiger charge is 2.45. The predicted molar refractivity (Wildman–Crippen MR) is 110 cm³/mol. The van der Waals surface area contributed by atoms with Crippen LogP contribution in [0.5, 0.6) is 5.88 Å². The number of aromatic nitrogens is 3. The van der Waals surface area contributed by atoms with Gasteiger partial charge in [-0.3, -0.25) is 9.36 Å². The van der Waals surface area contributed by atoms with Gasteiger partial charge in [-0.15, -0.1) is 0 Å². The van der Waals surface area contributed by atoms with Crippen LogP contribution in [0, 0.1) is 0 Å². The van der Waals surface area contributed by atoms with Crippen molar-refractivity contribution in [3.05, 3.63) is 51.6 Å². The molecule has 30 heavy (non-hydrogen) atoms. The number of fused-ring (bicyclic) bond motifs is 1. The van der Waals surface area contributed by atoms with Crippen LogP contribution in [-0.4, -0.2) is 61.4 Å². The molecule has 4 atom stereocenters. The van der Waals surface area contributed by atoms with Crippen LogP contribution in [0.25, 0.3) is 16.4 Å². The summed E-state index contributed by atoms with van der Waals surface area (Å²) in [4.78, 5) is 20.3. The maximum atomic E-state index is 12.6. The van der Waals surface area contributed by atoms with Crippen molar-refractivity contribution in [2.24, 2.45) is 0 Å². The summed E-state index contributed by atoms with van der Waals surface area (Å²) in [5.74, 6) is 0.00522. The lowest BCUT2D eigenvalue weighted by Crippen LogP contribution is -2.34. The second-order valence-electron chi connectivity index (χ2n) is 6.63. The number of thiazole rings is 1. The third-order valence-corrected chi connectivity index (χ3v) is 5.58. The summed E-state index contributed by atoms with van der Waals surface area (Å²) < 4.78 is 12.6. The Labute approximate surface area is 174 Å². The SMILES string of the molecule is Nc1nc(OCC=Cc2ccccc2)c2sc(=O)n([C@@H]3O[C@H](CO)[C@@H](O)[C@H]3O)c2n1. The Balaban J connectivity index is 1.63. The Bertz CT molecular complexity index is 1120. The molecule has 4 rings (SSSR count). The Morgan fingerprint density at radius 3 is 2.70 bits per heavy atom. The molecule has 1 aliphatic heterocycles. The van der Waals surface area contributed by atoms with E-state index in [-0.39, 0.29) is 24.1 Å². The highest BCUT2D eigenvalue weighted by molar-refractivity contribution is 7.16. The fourth-order valence-corrected chi connectivity index (χ4v) is 4.09. The Morgan fingerprint density at radius 2 is 2.00 bits per heavy atom. The molecule has 3 heterocycles. The molecule has 1 fully saturated rings. The predicted octanol–water partition coefficient (Wildman–Crippen LogP) is 0.139. The summed E-state index contributed by atoms with van der Waals surface area (Å²) in [6, 6.07) is 9.67. The molecule has 5 N–H and O–H groups in total. The average molecular weight is 432 g/mol. The quantitative estimate of drug-likeness (QED) is 0.426. The first kappa shape index (κ1) is 20.4. The molecule has 1 aromatic carbocycles. The molecule has 0 aliphatic carbocycles. The second kappa shape index (κ2) is 8.50. The number of benzene rings is 1. The van der Waals surface area contributed by atoms with E-state index in [1.165, 1.54) is 0 Å². The minimum Gasteiger partial charge on any atom is -0.472 e. The average Bonchev–Trinajstić information content (AvgIpc) is 3.21. The first-order chi connectivity index (χ1) is 14.5. The Kier molecular flexibility index (Phi) is 5.79. The summed E-state index contributed by atoms with van der Waals surface area (Å²) >= 11 is 0.810. The topological polar surface area (TPSA) is 153 Å². The maximum Gasteiger partial charge on any atom is 0.311 e. The number of aliphatic hydroxyl groups is 3. The van der Waals surface area contributed by atoms with Crippen molar-refractivity contribution in [1.29, 1.82) is 0 Å². The summed E-state index contributed by atoms with van der Waals surface area (Å²) in [5, 5.41) is 29.6. The minimum absolute atomic E-state index is 0.120. The van der Waals surface area contributed by atoms with Crippen LogP contribution in [0.15, 0.2) is 41.2 Å². The monoisotopic (exact) mass is 432 g/mol. The molecule has 0 bridgehead atoms. The summed E-state index contributed by atoms with van der Waals surface area (Å²) in [7, 11) is 0. The van der Waals surface area contributed by atoms with Gasteiger partial charge >= 0.3 is 4.87 Å². The zero-order valence-electron chi connectivity index (χ0n) is 15.7. The van der Waals surface area contributed by atoms with E-state index in [2.05, 4.69) is 9.97 Å². The Hall–Kier alpha value is -2.83. The summed E-state index contributed by atoms with van der Waals surface area (Å²) in [6.45, 7) is -0.328. The number of nitrogens with zero attached hydrogens (tertiary/aromatic N) is 3. The molecule has 11 heteroatoms. The van der Waals surface area contributed by atoms with E-state index in [0.717, 1.165) is 21.5 Å². The van der Waals surface area contributed by atoms with Crippen molar-refractivity contribution >= 4 is 33.7 Å². The lowest BCUT2D eigenvalue weighted by molar-refractivity contribution is -0.0518. The van der Waals surface area contributed by atoms with E-state index in [9.17, 15) is 20.1 Å². The van der Waals surface area contributed by atoms with E-state index in [1.54, 1.807) is 6.08 Å². The molecular formula is C19H20N4O6S. The largest absolute Gasteiger partial charge is 0.472 e. The molecule has 158 valence electrons. The molecule has 0 amide bonds. The van der Waals surface area contributed by atoms with Gasteiger partial charge in [0.15, 0.2) is 11.9 Å². The maximum absolute atomic E-state index is 12.6. The van der Waals surface area contributed by atoms with Gasteiger partial charge in [0.1, 0.15) is 29.6 Å². The van der Waals surface area contributed by atoms with Gasteiger partial charge in [0.05, 0.1) is 6.61 Å².